The second kappa shape index (κ2) is 12.9. The number of hydrogen-bond acceptors (Lipinski definition) is 4. The number of rotatable bonds is 6. The number of phenols is 1. The predicted octanol–water partition coefficient (Wildman–Crippen LogP) is 12.7. The van der Waals surface area contributed by atoms with Gasteiger partial charge in [-0.25, -0.2) is 4.98 Å². The molecule has 1 N–H and O–H groups in total. The van der Waals surface area contributed by atoms with Gasteiger partial charge in [-0.3, -0.25) is 9.55 Å². The molecule has 0 spiro atoms. The van der Waals surface area contributed by atoms with Gasteiger partial charge in [0.25, 0.3) is 0 Å². The molecule has 3 heterocycles. The summed E-state index contributed by atoms with van der Waals surface area (Å²) in [7, 11) is -1.55. The van der Waals surface area contributed by atoms with Gasteiger partial charge in [0.15, 0.2) is 0 Å². The lowest BCUT2D eigenvalue weighted by atomic mass is 9.97. The fraction of sp³-hybridized carbons (Fsp3) is 0.0800. The Balaban J connectivity index is 1.25. The zero-order chi connectivity index (χ0) is 38.1. The van der Waals surface area contributed by atoms with E-state index in [1.165, 1.54) is 5.19 Å². The minimum Gasteiger partial charge on any atom is -0.507 e. The number of hydrogen-bond donors (Lipinski definition) is 1. The maximum absolute atomic E-state index is 11.8. The van der Waals surface area contributed by atoms with E-state index in [9.17, 15) is 5.11 Å². The third-order valence-corrected chi connectivity index (χ3v) is 13.0. The Morgan fingerprint density at radius 1 is 0.607 bits per heavy atom. The van der Waals surface area contributed by atoms with Crippen LogP contribution in [0, 0.1) is 6.92 Å². The fourth-order valence-corrected chi connectivity index (χ4v) is 9.11. The molecular formula is C50H39N3O2Si. The van der Waals surface area contributed by atoms with Crippen LogP contribution >= 0.6 is 0 Å². The average Bonchev–Trinajstić information content (AvgIpc) is 3.79. The van der Waals surface area contributed by atoms with Crippen molar-refractivity contribution < 1.29 is 9.52 Å². The van der Waals surface area contributed by atoms with E-state index in [1.54, 1.807) is 0 Å². The Morgan fingerprint density at radius 3 is 2.18 bits per heavy atom. The molecule has 0 atom stereocenters. The number of aromatic hydroxyl groups is 1. The van der Waals surface area contributed by atoms with Gasteiger partial charge < -0.3 is 9.52 Å². The van der Waals surface area contributed by atoms with E-state index in [1.807, 2.05) is 48.7 Å². The Labute approximate surface area is 326 Å². The van der Waals surface area contributed by atoms with E-state index in [4.69, 9.17) is 14.4 Å². The highest BCUT2D eigenvalue weighted by Gasteiger charge is 2.24. The topological polar surface area (TPSA) is 64.1 Å². The smallest absolute Gasteiger partial charge is 0.149 e. The summed E-state index contributed by atoms with van der Waals surface area (Å²) in [5.41, 5.74) is 12.0. The van der Waals surface area contributed by atoms with Crippen molar-refractivity contribution in [2.45, 2.75) is 26.6 Å². The molecule has 0 aliphatic heterocycles. The van der Waals surface area contributed by atoms with Crippen LogP contribution in [0.2, 0.25) is 19.6 Å². The summed E-state index contributed by atoms with van der Waals surface area (Å²) in [5, 5.41) is 17.5. The van der Waals surface area contributed by atoms with E-state index < -0.39 is 8.07 Å². The number of aromatic nitrogens is 3. The molecule has 0 aliphatic carbocycles. The first-order chi connectivity index (χ1) is 27.2. The number of nitrogens with zero attached hydrogens (tertiary/aromatic N) is 3. The molecule has 0 saturated heterocycles. The summed E-state index contributed by atoms with van der Waals surface area (Å²) in [6.45, 7) is 9.15. The first kappa shape index (κ1) is 33.8. The first-order valence-electron chi connectivity index (χ1n) is 19.0. The molecule has 0 unspecified atom stereocenters. The monoisotopic (exact) mass is 741 g/mol. The molecule has 3 aromatic heterocycles. The van der Waals surface area contributed by atoms with E-state index in [0.29, 0.717) is 11.4 Å². The third kappa shape index (κ3) is 5.60. The van der Waals surface area contributed by atoms with Gasteiger partial charge in [-0.2, -0.15) is 0 Å². The van der Waals surface area contributed by atoms with E-state index in [-0.39, 0.29) is 5.75 Å². The molecule has 0 radical (unpaired) electrons. The summed E-state index contributed by atoms with van der Waals surface area (Å²) in [4.78, 5) is 10.5. The zero-order valence-corrected chi connectivity index (χ0v) is 32.7. The molecule has 270 valence electrons. The van der Waals surface area contributed by atoms with Gasteiger partial charge >= 0.3 is 0 Å². The number of pyridine rings is 1. The molecule has 5 nitrogen and oxygen atoms in total. The normalized spacial score (nSPS) is 12.0. The number of para-hydroxylation sites is 2. The third-order valence-electron chi connectivity index (χ3n) is 11.0. The molecule has 6 heteroatoms. The largest absolute Gasteiger partial charge is 0.507 e. The molecule has 0 aliphatic rings. The van der Waals surface area contributed by atoms with E-state index in [0.717, 1.165) is 88.5 Å². The van der Waals surface area contributed by atoms with Crippen LogP contribution in [0.5, 0.6) is 5.75 Å². The van der Waals surface area contributed by atoms with Crippen LogP contribution in [0.15, 0.2) is 162 Å². The molecule has 7 aromatic carbocycles. The molecule has 56 heavy (non-hydrogen) atoms. The highest BCUT2D eigenvalue weighted by molar-refractivity contribution is 6.88. The number of phenolic OH excluding ortho intramolecular Hbond substituents is 1. The lowest BCUT2D eigenvalue weighted by Gasteiger charge is -2.16. The minimum absolute atomic E-state index is 0.169. The van der Waals surface area contributed by atoms with Crippen LogP contribution in [0.25, 0.3) is 94.3 Å². The highest BCUT2D eigenvalue weighted by atomic mass is 28.3. The van der Waals surface area contributed by atoms with Crippen LogP contribution < -0.4 is 5.19 Å². The zero-order valence-electron chi connectivity index (χ0n) is 31.7. The number of furan rings is 1. The standard InChI is InChI=1S/C50H39N3O2Si/c1-31-25-34-15-8-9-16-37(34)45(26-31)53-44-19-12-18-38(48(44)52-50(53)40-23-21-33(29-46(40)54)32-13-6-5-7-14-32)35-27-41-39-17-10-11-20-47(39)55-49(41)42(28-35)43-24-22-36(30-51-43)56(2,3)4/h5-30,54H,1-4H3. The SMILES string of the molecule is Cc1cc(-n2c(-c3ccc(-c4ccccc4)cc3O)nc3c(-c4cc(-c5ccc([Si](C)(C)C)cn5)c5oc6ccccc6c5c4)cccc32)c2ccccc2c1. The van der Waals surface area contributed by atoms with Gasteiger partial charge in [-0.15, -0.1) is 0 Å². The highest BCUT2D eigenvalue weighted by Crippen LogP contribution is 2.43. The maximum atomic E-state index is 11.8. The van der Waals surface area contributed by atoms with Crippen LogP contribution in [-0.2, 0) is 0 Å². The van der Waals surface area contributed by atoms with Gasteiger partial charge in [-0.05, 0) is 88.3 Å². The fourth-order valence-electron chi connectivity index (χ4n) is 8.08. The summed E-state index contributed by atoms with van der Waals surface area (Å²) < 4.78 is 8.80. The van der Waals surface area contributed by atoms with Crippen LogP contribution in [0.3, 0.4) is 0 Å². The average molecular weight is 742 g/mol. The van der Waals surface area contributed by atoms with Crippen molar-refractivity contribution in [3.63, 3.8) is 0 Å². The van der Waals surface area contributed by atoms with Gasteiger partial charge in [0, 0.05) is 33.5 Å². The van der Waals surface area contributed by atoms with Crippen molar-refractivity contribution in [3.8, 4) is 56.3 Å². The second-order valence-electron chi connectivity index (χ2n) is 15.7. The summed E-state index contributed by atoms with van der Waals surface area (Å²) in [6.07, 6.45) is 2.04. The molecule has 10 aromatic rings. The van der Waals surface area contributed by atoms with E-state index in [2.05, 4.69) is 140 Å². The summed E-state index contributed by atoms with van der Waals surface area (Å²) in [6, 6.07) is 52.3. The van der Waals surface area contributed by atoms with Crippen molar-refractivity contribution in [1.29, 1.82) is 0 Å². The number of fused-ring (bicyclic) bond motifs is 5. The first-order valence-corrected chi connectivity index (χ1v) is 22.5. The summed E-state index contributed by atoms with van der Waals surface area (Å²) in [5.74, 6) is 0.835. The van der Waals surface area contributed by atoms with Gasteiger partial charge in [0.2, 0.25) is 0 Å². The van der Waals surface area contributed by atoms with Gasteiger partial charge in [0.05, 0.1) is 36.1 Å². The maximum Gasteiger partial charge on any atom is 0.149 e. The Morgan fingerprint density at radius 2 is 1.39 bits per heavy atom. The molecule has 0 saturated carbocycles. The van der Waals surface area contributed by atoms with Crippen molar-refractivity contribution >= 4 is 57.0 Å². The number of aryl methyl sites for hydroxylation is 1. The van der Waals surface area contributed by atoms with Crippen LogP contribution in [-0.4, -0.2) is 27.7 Å². The lowest BCUT2D eigenvalue weighted by molar-refractivity contribution is 0.477. The van der Waals surface area contributed by atoms with Gasteiger partial charge in [0.1, 0.15) is 22.7 Å². The van der Waals surface area contributed by atoms with Crippen LogP contribution in [0.4, 0.5) is 0 Å². The minimum atomic E-state index is -1.55. The molecule has 0 bridgehead atoms. The predicted molar refractivity (Wildman–Crippen MR) is 235 cm³/mol. The van der Waals surface area contributed by atoms with Crippen molar-refractivity contribution in [2.24, 2.45) is 0 Å². The van der Waals surface area contributed by atoms with Gasteiger partial charge in [-0.1, -0.05) is 123 Å². The van der Waals surface area contributed by atoms with Crippen molar-refractivity contribution in [3.05, 3.63) is 163 Å². The van der Waals surface area contributed by atoms with Crippen molar-refractivity contribution in [2.75, 3.05) is 0 Å². The van der Waals surface area contributed by atoms with Crippen molar-refractivity contribution in [1.82, 2.24) is 14.5 Å². The Hall–Kier alpha value is -6.76. The van der Waals surface area contributed by atoms with E-state index >= 15 is 0 Å². The quantitative estimate of drug-likeness (QED) is 0.172. The Bertz CT molecular complexity index is 3140. The lowest BCUT2D eigenvalue weighted by Crippen LogP contribution is -2.37. The molecule has 0 amide bonds. The molecular weight excluding hydrogens is 703 g/mol. The Kier molecular flexibility index (Phi) is 7.80. The van der Waals surface area contributed by atoms with Crippen LogP contribution in [0.1, 0.15) is 5.56 Å². The summed E-state index contributed by atoms with van der Waals surface area (Å²) >= 11 is 0. The number of benzene rings is 7. The second-order valence-corrected chi connectivity index (χ2v) is 20.8. The molecule has 10 rings (SSSR count). The number of imidazole rings is 1. The molecule has 0 fully saturated rings.